The minimum atomic E-state index is -1.21. The molecule has 2 N–H and O–H groups in total. The number of alkyl halides is 1. The highest BCUT2D eigenvalue weighted by atomic mass is 35.5. The standard InChI is InChI=1S/C37H46Cl2N2O8/c1-21(2)16-30-35(44)47-28(22(3)32-33(49-32)25-13-10-23(19-38)11-14-25)8-7-9-31(42)41-27(18-24-12-15-29(46-6)26(39)17-24)34(43)40-20-37(4,5)36(45)48-30/h7,9-15,17,21-22,27-28,30,32-33H,8,16,18-20H2,1-6H3,(H,40,43)(H,41,42)/t22-,27+,28-,30-,32+,33+/m0/s1. The lowest BCUT2D eigenvalue weighted by Crippen LogP contribution is -2.51. The maximum atomic E-state index is 13.6. The van der Waals surface area contributed by atoms with Crippen molar-refractivity contribution in [2.24, 2.45) is 17.3 Å². The van der Waals surface area contributed by atoms with Crippen LogP contribution in [0.4, 0.5) is 0 Å². The maximum absolute atomic E-state index is 13.6. The van der Waals surface area contributed by atoms with Crippen molar-refractivity contribution in [3.8, 4) is 5.75 Å². The number of cyclic esters (lactones) is 2. The molecule has 0 radical (unpaired) electrons. The molecule has 0 spiro atoms. The van der Waals surface area contributed by atoms with Gasteiger partial charge < -0.3 is 29.6 Å². The number of ether oxygens (including phenoxy) is 4. The highest BCUT2D eigenvalue weighted by Crippen LogP contribution is 2.45. The fourth-order valence-electron chi connectivity index (χ4n) is 5.62. The first-order valence-electron chi connectivity index (χ1n) is 16.5. The Hall–Kier alpha value is -3.60. The van der Waals surface area contributed by atoms with Gasteiger partial charge in [0, 0.05) is 31.2 Å². The summed E-state index contributed by atoms with van der Waals surface area (Å²) in [5, 5.41) is 5.90. The summed E-state index contributed by atoms with van der Waals surface area (Å²) in [6.07, 6.45) is 1.17. The normalized spacial score (nSPS) is 25.5. The Morgan fingerprint density at radius 2 is 1.69 bits per heavy atom. The van der Waals surface area contributed by atoms with Crippen LogP contribution < -0.4 is 15.4 Å². The van der Waals surface area contributed by atoms with Gasteiger partial charge in [-0.25, -0.2) is 4.79 Å². The molecule has 0 aliphatic carbocycles. The third kappa shape index (κ3) is 10.4. The van der Waals surface area contributed by atoms with E-state index in [0.717, 1.165) is 11.1 Å². The summed E-state index contributed by atoms with van der Waals surface area (Å²) in [5.41, 5.74) is 1.46. The lowest BCUT2D eigenvalue weighted by Gasteiger charge is -2.29. The van der Waals surface area contributed by atoms with E-state index < -0.39 is 47.4 Å². The predicted octanol–water partition coefficient (Wildman–Crippen LogP) is 5.86. The molecule has 2 aliphatic rings. The molecule has 2 amide bonds. The second kappa shape index (κ2) is 16.9. The second-order valence-electron chi connectivity index (χ2n) is 13.7. The summed E-state index contributed by atoms with van der Waals surface area (Å²) in [6.45, 7) is 8.89. The minimum Gasteiger partial charge on any atom is -0.495 e. The van der Waals surface area contributed by atoms with Gasteiger partial charge in [0.15, 0.2) is 6.10 Å². The molecule has 0 aromatic heterocycles. The number of methoxy groups -OCH3 is 1. The number of carbonyl (C=O) groups excluding carboxylic acids is 4. The summed E-state index contributed by atoms with van der Waals surface area (Å²) in [5.74, 6) is -1.73. The van der Waals surface area contributed by atoms with Crippen molar-refractivity contribution in [2.75, 3.05) is 13.7 Å². The number of nitrogens with one attached hydrogen (secondary N) is 2. The summed E-state index contributed by atoms with van der Waals surface area (Å²) < 4.78 is 23.1. The average molecular weight is 718 g/mol. The van der Waals surface area contributed by atoms with Crippen LogP contribution >= 0.6 is 23.2 Å². The van der Waals surface area contributed by atoms with Crippen molar-refractivity contribution in [3.05, 3.63) is 76.3 Å². The summed E-state index contributed by atoms with van der Waals surface area (Å²) >= 11 is 12.3. The third-order valence-electron chi connectivity index (χ3n) is 8.74. The first-order chi connectivity index (χ1) is 23.2. The number of benzene rings is 2. The Morgan fingerprint density at radius 3 is 2.33 bits per heavy atom. The number of amides is 2. The second-order valence-corrected chi connectivity index (χ2v) is 14.4. The van der Waals surface area contributed by atoms with Gasteiger partial charge in [0.05, 0.1) is 23.7 Å². The molecule has 49 heavy (non-hydrogen) atoms. The zero-order chi connectivity index (χ0) is 35.9. The van der Waals surface area contributed by atoms with E-state index in [1.807, 2.05) is 45.0 Å². The van der Waals surface area contributed by atoms with E-state index in [-0.39, 0.29) is 49.9 Å². The fourth-order valence-corrected chi connectivity index (χ4v) is 6.08. The van der Waals surface area contributed by atoms with Crippen LogP contribution in [0.2, 0.25) is 5.02 Å². The van der Waals surface area contributed by atoms with Crippen LogP contribution in [0.15, 0.2) is 54.6 Å². The van der Waals surface area contributed by atoms with Gasteiger partial charge in [0.25, 0.3) is 0 Å². The number of esters is 2. The molecule has 2 aromatic rings. The van der Waals surface area contributed by atoms with Crippen molar-refractivity contribution in [1.29, 1.82) is 0 Å². The van der Waals surface area contributed by atoms with Gasteiger partial charge in [0.1, 0.15) is 24.0 Å². The van der Waals surface area contributed by atoms with E-state index in [1.165, 1.54) is 13.2 Å². The van der Waals surface area contributed by atoms with Crippen molar-refractivity contribution in [1.82, 2.24) is 10.6 Å². The fraction of sp³-hybridized carbons (Fsp3) is 0.514. The molecule has 10 nitrogen and oxygen atoms in total. The van der Waals surface area contributed by atoms with Gasteiger partial charge in [-0.15, -0.1) is 11.6 Å². The molecule has 2 aliphatic heterocycles. The topological polar surface area (TPSA) is 133 Å². The molecule has 0 bridgehead atoms. The minimum absolute atomic E-state index is 0.0116. The van der Waals surface area contributed by atoms with Crippen molar-refractivity contribution < 1.29 is 38.1 Å². The number of carbonyl (C=O) groups is 4. The molecular formula is C37H46Cl2N2O8. The molecule has 4 rings (SSSR count). The molecule has 2 heterocycles. The number of hydrogen-bond donors (Lipinski definition) is 2. The Kier molecular flexibility index (Phi) is 13.2. The van der Waals surface area contributed by atoms with Gasteiger partial charge in [-0.1, -0.05) is 68.8 Å². The van der Waals surface area contributed by atoms with Gasteiger partial charge in [-0.2, -0.15) is 0 Å². The van der Waals surface area contributed by atoms with Crippen LogP contribution in [0.3, 0.4) is 0 Å². The monoisotopic (exact) mass is 716 g/mol. The smallest absolute Gasteiger partial charge is 0.347 e. The van der Waals surface area contributed by atoms with E-state index in [2.05, 4.69) is 10.6 Å². The van der Waals surface area contributed by atoms with Crippen LogP contribution in [0.5, 0.6) is 5.75 Å². The number of halogens is 2. The Bertz CT molecular complexity index is 1530. The lowest BCUT2D eigenvalue weighted by molar-refractivity contribution is -0.179. The van der Waals surface area contributed by atoms with E-state index in [4.69, 9.17) is 42.1 Å². The average Bonchev–Trinajstić information content (AvgIpc) is 3.86. The van der Waals surface area contributed by atoms with Gasteiger partial charge in [-0.3, -0.25) is 14.4 Å². The number of epoxide rings is 1. The molecule has 1 fully saturated rings. The van der Waals surface area contributed by atoms with Gasteiger partial charge in [-0.05, 0) is 61.1 Å². The van der Waals surface area contributed by atoms with Crippen molar-refractivity contribution in [2.45, 2.75) is 90.2 Å². The Labute approximate surface area is 298 Å². The molecule has 12 heteroatoms. The quantitative estimate of drug-likeness (QED) is 0.187. The zero-order valence-electron chi connectivity index (χ0n) is 28.8. The largest absolute Gasteiger partial charge is 0.495 e. The molecule has 6 atom stereocenters. The van der Waals surface area contributed by atoms with Crippen LogP contribution in [-0.4, -0.2) is 61.8 Å². The van der Waals surface area contributed by atoms with E-state index in [9.17, 15) is 19.2 Å². The maximum Gasteiger partial charge on any atom is 0.347 e. The SMILES string of the molecule is COc1ccc(C[C@H]2NC(=O)C=CC[C@@H]([C@H](C)[C@H]3O[C@@H]3c3ccc(CCl)cc3)OC(=O)[C@H](CC(C)C)OC(=O)C(C)(C)CNC2=O)cc1Cl. The van der Waals surface area contributed by atoms with Crippen LogP contribution in [0.25, 0.3) is 0 Å². The lowest BCUT2D eigenvalue weighted by atomic mass is 9.92. The summed E-state index contributed by atoms with van der Waals surface area (Å²) in [4.78, 5) is 53.7. The number of rotatable bonds is 9. The van der Waals surface area contributed by atoms with Crippen molar-refractivity contribution in [3.63, 3.8) is 0 Å². The molecule has 1 saturated heterocycles. The Morgan fingerprint density at radius 1 is 1.00 bits per heavy atom. The van der Waals surface area contributed by atoms with Gasteiger partial charge >= 0.3 is 11.9 Å². The van der Waals surface area contributed by atoms with Crippen LogP contribution in [0, 0.1) is 17.3 Å². The molecule has 266 valence electrons. The third-order valence-corrected chi connectivity index (χ3v) is 9.35. The molecular weight excluding hydrogens is 671 g/mol. The zero-order valence-corrected chi connectivity index (χ0v) is 30.3. The summed E-state index contributed by atoms with van der Waals surface area (Å²) in [6, 6.07) is 12.0. The van der Waals surface area contributed by atoms with E-state index in [0.29, 0.717) is 22.2 Å². The molecule has 0 unspecified atom stereocenters. The summed E-state index contributed by atoms with van der Waals surface area (Å²) in [7, 11) is 1.50. The van der Waals surface area contributed by atoms with Crippen LogP contribution in [-0.2, 0) is 45.7 Å². The highest BCUT2D eigenvalue weighted by Gasteiger charge is 2.48. The number of hydrogen-bond acceptors (Lipinski definition) is 8. The molecule has 0 saturated carbocycles. The van der Waals surface area contributed by atoms with Crippen molar-refractivity contribution >= 4 is 47.0 Å². The first kappa shape index (κ1) is 38.2. The van der Waals surface area contributed by atoms with Gasteiger partial charge in [0.2, 0.25) is 11.8 Å². The highest BCUT2D eigenvalue weighted by molar-refractivity contribution is 6.32. The Balaban J connectivity index is 1.60. The predicted molar refractivity (Wildman–Crippen MR) is 186 cm³/mol. The van der Waals surface area contributed by atoms with E-state index >= 15 is 0 Å². The van der Waals surface area contributed by atoms with Crippen LogP contribution in [0.1, 0.15) is 70.3 Å². The molecule has 2 aromatic carbocycles. The first-order valence-corrected chi connectivity index (χ1v) is 17.4. The van der Waals surface area contributed by atoms with E-state index in [1.54, 1.807) is 38.1 Å².